The molecule has 0 radical (unpaired) electrons. The van der Waals surface area contributed by atoms with Crippen LogP contribution in [0.15, 0.2) is 30.3 Å². The van der Waals surface area contributed by atoms with Gasteiger partial charge in [-0.3, -0.25) is 24.0 Å². The Hall–Kier alpha value is -4.64. The quantitative estimate of drug-likeness (QED) is 0.0550. The van der Waals surface area contributed by atoms with E-state index >= 15 is 0 Å². The molecule has 5 amide bonds. The zero-order valence-corrected chi connectivity index (χ0v) is 30.9. The van der Waals surface area contributed by atoms with Crippen molar-refractivity contribution in [2.75, 3.05) is 26.7 Å². The number of rotatable bonds is 19. The number of hydrogen-bond acceptors (Lipinski definition) is 7. The summed E-state index contributed by atoms with van der Waals surface area (Å²) in [4.78, 5) is 68.0. The zero-order valence-electron chi connectivity index (χ0n) is 30.9. The molecule has 17 heteroatoms. The number of hydrogen-bond donors (Lipinski definition) is 6. The highest BCUT2D eigenvalue weighted by Gasteiger charge is 2.34. The highest BCUT2D eigenvalue weighted by Crippen LogP contribution is 2.24. The van der Waals surface area contributed by atoms with Gasteiger partial charge in [0.15, 0.2) is 23.3 Å². The number of amides is 5. The average Bonchev–Trinajstić information content (AvgIpc) is 3.15. The van der Waals surface area contributed by atoms with Gasteiger partial charge in [0.1, 0.15) is 24.2 Å². The average molecular weight is 768 g/mol. The third-order valence-electron chi connectivity index (χ3n) is 9.51. The van der Waals surface area contributed by atoms with Crippen LogP contribution >= 0.6 is 0 Å². The summed E-state index contributed by atoms with van der Waals surface area (Å²) in [5, 5.41) is 12.9. The monoisotopic (exact) mass is 767 g/mol. The maximum atomic E-state index is 14.7. The molecule has 0 aromatic heterocycles. The van der Waals surface area contributed by atoms with E-state index in [9.17, 15) is 45.9 Å². The summed E-state index contributed by atoms with van der Waals surface area (Å²) in [5.41, 5.74) is 4.92. The molecule has 1 aliphatic rings. The van der Waals surface area contributed by atoms with E-state index in [0.29, 0.717) is 44.0 Å². The fourth-order valence-electron chi connectivity index (χ4n) is 5.88. The molecule has 0 unspecified atom stereocenters. The van der Waals surface area contributed by atoms with Crippen LogP contribution < -0.4 is 32.3 Å². The number of primary amides is 1. The van der Waals surface area contributed by atoms with Crippen molar-refractivity contribution in [3.8, 4) is 0 Å². The maximum Gasteiger partial charge on any atom is 0.243 e. The molecule has 2 aromatic rings. The fraction of sp³-hybridized carbons (Fsp3) is 0.541. The molecule has 1 saturated heterocycles. The van der Waals surface area contributed by atoms with E-state index in [-0.39, 0.29) is 12.8 Å². The Labute approximate surface area is 311 Å². The van der Waals surface area contributed by atoms with Crippen LogP contribution in [0.1, 0.15) is 64.0 Å². The first-order valence-electron chi connectivity index (χ1n) is 18.0. The lowest BCUT2D eigenvalue weighted by Gasteiger charge is -2.27. The second kappa shape index (κ2) is 20.7. The molecule has 1 aliphatic heterocycles. The Morgan fingerprint density at radius 3 is 1.85 bits per heavy atom. The Kier molecular flexibility index (Phi) is 16.8. The molecule has 54 heavy (non-hydrogen) atoms. The minimum absolute atomic E-state index is 0.0288. The minimum Gasteiger partial charge on any atom is -0.368 e. The molecule has 0 aliphatic carbocycles. The number of nitrogens with one attached hydrogen (secondary N) is 5. The molecule has 3 rings (SSSR count). The normalized spacial score (nSPS) is 15.6. The highest BCUT2D eigenvalue weighted by molar-refractivity contribution is 5.95. The molecule has 1 heterocycles. The molecule has 4 atom stereocenters. The number of carbonyl (C=O) groups excluding carboxylic acids is 5. The third kappa shape index (κ3) is 12.5. The van der Waals surface area contributed by atoms with Crippen molar-refractivity contribution in [2.24, 2.45) is 11.7 Å². The van der Waals surface area contributed by atoms with Crippen LogP contribution in [0.5, 0.6) is 0 Å². The number of halogens is 5. The standard InChI is InChI=1S/C37H50F5N7O5/c1-20(2)49(4)17-9-8-12-25(33(43)50)46-37(54)26(18-22-10-6-5-7-11-22)47-34(51)21(3)45-36(53)27(48-35(52)23-13-15-44-16-14-23)19-24-28(38)30(40)32(42)31(41)29(24)39/h5-7,10-11,20-21,23,25-27,44H,8-9,12-19H2,1-4H3,(H2,43,50)(H,45,53)(H,46,54)(H,47,51)(H,48,52)/t21-,25-,26-,27-/m0/s1. The molecule has 0 spiro atoms. The van der Waals surface area contributed by atoms with Crippen molar-refractivity contribution in [3.63, 3.8) is 0 Å². The smallest absolute Gasteiger partial charge is 0.243 e. The van der Waals surface area contributed by atoms with Gasteiger partial charge in [0.05, 0.1) is 0 Å². The van der Waals surface area contributed by atoms with Crippen molar-refractivity contribution in [3.05, 3.63) is 70.5 Å². The van der Waals surface area contributed by atoms with Crippen molar-refractivity contribution in [1.82, 2.24) is 31.5 Å². The lowest BCUT2D eigenvalue weighted by molar-refractivity contribution is -0.134. The van der Waals surface area contributed by atoms with Crippen LogP contribution in [0.4, 0.5) is 22.0 Å². The second-order valence-corrected chi connectivity index (χ2v) is 13.9. The van der Waals surface area contributed by atoms with Crippen LogP contribution in [0.3, 0.4) is 0 Å². The van der Waals surface area contributed by atoms with Crippen LogP contribution in [-0.4, -0.2) is 91.3 Å². The number of piperidine rings is 1. The summed E-state index contributed by atoms with van der Waals surface area (Å²) in [5.74, 6) is -16.0. The topological polar surface area (TPSA) is 175 Å². The van der Waals surface area contributed by atoms with Gasteiger partial charge in [-0.1, -0.05) is 30.3 Å². The van der Waals surface area contributed by atoms with E-state index in [4.69, 9.17) is 5.73 Å². The Balaban J connectivity index is 1.78. The van der Waals surface area contributed by atoms with Gasteiger partial charge in [-0.15, -0.1) is 0 Å². The van der Waals surface area contributed by atoms with Crippen molar-refractivity contribution in [1.29, 1.82) is 0 Å². The van der Waals surface area contributed by atoms with E-state index in [1.54, 1.807) is 30.3 Å². The van der Waals surface area contributed by atoms with Gasteiger partial charge >= 0.3 is 0 Å². The molecule has 12 nitrogen and oxygen atoms in total. The number of unbranched alkanes of at least 4 members (excludes halogenated alkanes) is 1. The summed E-state index contributed by atoms with van der Waals surface area (Å²) >= 11 is 0. The molecule has 0 bridgehead atoms. The summed E-state index contributed by atoms with van der Waals surface area (Å²) in [6.45, 7) is 7.03. The summed E-state index contributed by atoms with van der Waals surface area (Å²) in [7, 11) is 1.97. The van der Waals surface area contributed by atoms with E-state index in [1.165, 1.54) is 6.92 Å². The van der Waals surface area contributed by atoms with Gasteiger partial charge in [-0.05, 0) is 85.1 Å². The molecule has 7 N–H and O–H groups in total. The van der Waals surface area contributed by atoms with Crippen LogP contribution in [-0.2, 0) is 36.8 Å². The van der Waals surface area contributed by atoms with Gasteiger partial charge in [0.2, 0.25) is 35.4 Å². The number of nitrogens with two attached hydrogens (primary N) is 1. The molecule has 298 valence electrons. The largest absolute Gasteiger partial charge is 0.368 e. The van der Waals surface area contributed by atoms with Gasteiger partial charge < -0.3 is 37.2 Å². The SMILES string of the molecule is CC(C)N(C)CCCC[C@H](NC(=O)[C@H](Cc1ccccc1)NC(=O)[C@H](C)NC(=O)[C@H](Cc1c(F)c(F)c(F)c(F)c1F)NC(=O)C1CCNCC1)C(N)=O. The van der Waals surface area contributed by atoms with Crippen LogP contribution in [0, 0.1) is 35.0 Å². The second-order valence-electron chi connectivity index (χ2n) is 13.9. The molecule has 2 aromatic carbocycles. The predicted octanol–water partition coefficient (Wildman–Crippen LogP) is 2.12. The third-order valence-corrected chi connectivity index (χ3v) is 9.51. The molecule has 1 fully saturated rings. The summed E-state index contributed by atoms with van der Waals surface area (Å²) in [6, 6.07) is 3.33. The Bertz CT molecular complexity index is 1600. The van der Waals surface area contributed by atoms with E-state index in [2.05, 4.69) is 31.5 Å². The minimum atomic E-state index is -2.38. The van der Waals surface area contributed by atoms with Crippen LogP contribution in [0.2, 0.25) is 0 Å². The van der Waals surface area contributed by atoms with Gasteiger partial charge in [-0.25, -0.2) is 22.0 Å². The first-order chi connectivity index (χ1) is 25.5. The molecular weight excluding hydrogens is 717 g/mol. The van der Waals surface area contributed by atoms with Crippen LogP contribution in [0.25, 0.3) is 0 Å². The highest BCUT2D eigenvalue weighted by atomic mass is 19.2. The van der Waals surface area contributed by atoms with E-state index < -0.39 is 101 Å². The van der Waals surface area contributed by atoms with E-state index in [1.807, 2.05) is 20.9 Å². The summed E-state index contributed by atoms with van der Waals surface area (Å²) in [6.07, 6.45) is 1.11. The lowest BCUT2D eigenvalue weighted by Crippen LogP contribution is -2.58. The maximum absolute atomic E-state index is 14.7. The number of nitrogens with zero attached hydrogens (tertiary/aromatic N) is 1. The van der Waals surface area contributed by atoms with Crippen molar-refractivity contribution < 1.29 is 45.9 Å². The zero-order chi connectivity index (χ0) is 40.1. The lowest BCUT2D eigenvalue weighted by atomic mass is 9.96. The van der Waals surface area contributed by atoms with Gasteiger partial charge in [0.25, 0.3) is 0 Å². The Morgan fingerprint density at radius 1 is 0.741 bits per heavy atom. The van der Waals surface area contributed by atoms with E-state index in [0.717, 1.165) is 13.0 Å². The summed E-state index contributed by atoms with van der Waals surface area (Å²) < 4.78 is 71.2. The molecule has 0 saturated carbocycles. The first kappa shape index (κ1) is 43.8. The van der Waals surface area contributed by atoms with Gasteiger partial charge in [-0.2, -0.15) is 0 Å². The van der Waals surface area contributed by atoms with Gasteiger partial charge in [0, 0.05) is 30.4 Å². The first-order valence-corrected chi connectivity index (χ1v) is 18.0. The number of carbonyl (C=O) groups is 5. The predicted molar refractivity (Wildman–Crippen MR) is 190 cm³/mol. The van der Waals surface area contributed by atoms with Crippen molar-refractivity contribution in [2.45, 2.75) is 95.9 Å². The Morgan fingerprint density at radius 2 is 1.28 bits per heavy atom. The molecular formula is C37H50F5N7O5. The fourth-order valence-corrected chi connectivity index (χ4v) is 5.88. The number of benzene rings is 2. The van der Waals surface area contributed by atoms with Crippen molar-refractivity contribution >= 4 is 29.5 Å².